The molecule has 0 bridgehead atoms. The second-order valence-corrected chi connectivity index (χ2v) is 5.43. The van der Waals surface area contributed by atoms with Gasteiger partial charge in [0, 0.05) is 0 Å². The Balaban J connectivity index is 2.23. The Bertz CT molecular complexity index is 288. The highest BCUT2D eigenvalue weighted by molar-refractivity contribution is 5.94. The number of hydrogen-bond acceptors (Lipinski definition) is 4. The number of rotatable bonds is 1. The minimum absolute atomic E-state index is 0.338. The third-order valence-electron chi connectivity index (χ3n) is 4.33. The van der Waals surface area contributed by atoms with Crippen LogP contribution in [0.4, 0.5) is 0 Å². The van der Waals surface area contributed by atoms with Crippen LogP contribution >= 0.6 is 0 Å². The van der Waals surface area contributed by atoms with Crippen molar-refractivity contribution >= 4 is 5.71 Å². The van der Waals surface area contributed by atoms with Gasteiger partial charge in [-0.25, -0.2) is 0 Å². The highest BCUT2D eigenvalue weighted by atomic mass is 16.5. The Morgan fingerprint density at radius 2 is 2.00 bits per heavy atom. The fourth-order valence-electron chi connectivity index (χ4n) is 2.92. The second kappa shape index (κ2) is 2.70. The molecule has 0 unspecified atom stereocenters. The molecule has 0 spiro atoms. The van der Waals surface area contributed by atoms with E-state index in [2.05, 4.69) is 24.5 Å². The van der Waals surface area contributed by atoms with Crippen molar-refractivity contribution in [3.63, 3.8) is 0 Å². The van der Waals surface area contributed by atoms with Gasteiger partial charge in [-0.05, 0) is 37.0 Å². The van der Waals surface area contributed by atoms with E-state index in [0.29, 0.717) is 23.0 Å². The first-order chi connectivity index (χ1) is 6.45. The van der Waals surface area contributed by atoms with Crippen LogP contribution in [0.25, 0.3) is 0 Å². The first-order valence-corrected chi connectivity index (χ1v) is 5.08. The molecule has 2 aliphatic rings. The lowest BCUT2D eigenvalue weighted by Gasteiger charge is -2.32. The number of hydrogen-bond donors (Lipinski definition) is 3. The Morgan fingerprint density at radius 3 is 2.50 bits per heavy atom. The van der Waals surface area contributed by atoms with E-state index in [4.69, 9.17) is 10.4 Å². The lowest BCUT2D eigenvalue weighted by molar-refractivity contribution is 0.0902. The Morgan fingerprint density at radius 1 is 1.36 bits per heavy atom. The largest absolute Gasteiger partial charge is 0.411 e. The van der Waals surface area contributed by atoms with Crippen molar-refractivity contribution in [2.75, 3.05) is 0 Å². The number of oxime groups is 1. The zero-order chi connectivity index (χ0) is 10.6. The van der Waals surface area contributed by atoms with Gasteiger partial charge in [-0.3, -0.25) is 0 Å². The fourth-order valence-corrected chi connectivity index (χ4v) is 2.92. The van der Waals surface area contributed by atoms with Gasteiger partial charge in [0.2, 0.25) is 0 Å². The molecule has 3 atom stereocenters. The molecule has 80 valence electrons. The first kappa shape index (κ1) is 9.93. The van der Waals surface area contributed by atoms with E-state index < -0.39 is 5.54 Å². The Labute approximate surface area is 84.0 Å². The topological polar surface area (TPSA) is 64.9 Å². The molecule has 14 heavy (non-hydrogen) atoms. The standard InChI is InChI=1S/C10H18N2O2/c1-9(2)6-4-8(11-13)10(3,12-14)5-7(6)9/h6-7,12-14H,4-5H2,1-3H3/b11-8+/t6-,7-,10-/m1/s1. The molecule has 0 aliphatic heterocycles. The van der Waals surface area contributed by atoms with Gasteiger partial charge in [0.05, 0.1) is 11.3 Å². The molecule has 0 saturated heterocycles. The maximum Gasteiger partial charge on any atom is 0.0818 e. The second-order valence-electron chi connectivity index (χ2n) is 5.43. The van der Waals surface area contributed by atoms with Crippen molar-refractivity contribution in [2.24, 2.45) is 22.4 Å². The fraction of sp³-hybridized carbons (Fsp3) is 0.900. The van der Waals surface area contributed by atoms with Crippen molar-refractivity contribution in [3.8, 4) is 0 Å². The zero-order valence-electron chi connectivity index (χ0n) is 8.91. The van der Waals surface area contributed by atoms with Gasteiger partial charge >= 0.3 is 0 Å². The van der Waals surface area contributed by atoms with Crippen LogP contribution in [-0.2, 0) is 0 Å². The smallest absolute Gasteiger partial charge is 0.0818 e. The summed E-state index contributed by atoms with van der Waals surface area (Å²) >= 11 is 0. The summed E-state index contributed by atoms with van der Waals surface area (Å²) in [6.45, 7) is 6.35. The summed E-state index contributed by atoms with van der Waals surface area (Å²) in [5.41, 5.74) is 2.76. The number of nitrogens with one attached hydrogen (secondary N) is 1. The van der Waals surface area contributed by atoms with E-state index in [1.807, 2.05) is 6.92 Å². The molecule has 4 heteroatoms. The van der Waals surface area contributed by atoms with Crippen molar-refractivity contribution in [1.29, 1.82) is 0 Å². The van der Waals surface area contributed by atoms with Crippen molar-refractivity contribution in [1.82, 2.24) is 5.48 Å². The van der Waals surface area contributed by atoms with E-state index >= 15 is 0 Å². The normalized spacial score (nSPS) is 47.6. The van der Waals surface area contributed by atoms with Gasteiger partial charge < -0.3 is 10.4 Å². The summed E-state index contributed by atoms with van der Waals surface area (Å²) in [4.78, 5) is 0. The Kier molecular flexibility index (Phi) is 1.92. The van der Waals surface area contributed by atoms with Crippen molar-refractivity contribution < 1.29 is 10.4 Å². The van der Waals surface area contributed by atoms with E-state index in [1.54, 1.807) is 0 Å². The summed E-state index contributed by atoms with van der Waals surface area (Å²) in [5.74, 6) is 1.26. The molecule has 2 rings (SSSR count). The van der Waals surface area contributed by atoms with Crippen LogP contribution in [0.2, 0.25) is 0 Å². The molecule has 3 N–H and O–H groups in total. The average Bonchev–Trinajstić information content (AvgIpc) is 2.66. The molecule has 0 aromatic carbocycles. The molecule has 0 heterocycles. The predicted octanol–water partition coefficient (Wildman–Crippen LogP) is 1.62. The van der Waals surface area contributed by atoms with Crippen LogP contribution in [0.3, 0.4) is 0 Å². The highest BCUT2D eigenvalue weighted by Gasteiger charge is 2.63. The van der Waals surface area contributed by atoms with Crippen LogP contribution in [-0.4, -0.2) is 21.7 Å². The molecule has 2 fully saturated rings. The maximum absolute atomic E-state index is 9.12. The van der Waals surface area contributed by atoms with Gasteiger partial charge in [0.15, 0.2) is 0 Å². The summed E-state index contributed by atoms with van der Waals surface area (Å²) in [7, 11) is 0. The predicted molar refractivity (Wildman–Crippen MR) is 52.5 cm³/mol. The minimum Gasteiger partial charge on any atom is -0.411 e. The van der Waals surface area contributed by atoms with Crippen LogP contribution in [0.15, 0.2) is 5.16 Å². The van der Waals surface area contributed by atoms with E-state index in [1.165, 1.54) is 0 Å². The molecule has 0 aromatic rings. The average molecular weight is 198 g/mol. The van der Waals surface area contributed by atoms with E-state index in [9.17, 15) is 0 Å². The monoisotopic (exact) mass is 198 g/mol. The van der Waals surface area contributed by atoms with Gasteiger partial charge in [-0.1, -0.05) is 19.0 Å². The number of fused-ring (bicyclic) bond motifs is 1. The number of hydroxylamine groups is 1. The lowest BCUT2D eigenvalue weighted by atomic mass is 9.82. The molecule has 0 radical (unpaired) electrons. The molecule has 4 nitrogen and oxygen atoms in total. The third kappa shape index (κ3) is 1.10. The zero-order valence-corrected chi connectivity index (χ0v) is 8.91. The molecule has 2 saturated carbocycles. The SMILES string of the molecule is CC1(C)[C@@H]2C/C(=N\O)[C@](C)(NO)C[C@H]21. The summed E-state index contributed by atoms with van der Waals surface area (Å²) in [6.07, 6.45) is 1.64. The van der Waals surface area contributed by atoms with Gasteiger partial charge in [0.25, 0.3) is 0 Å². The molecule has 0 aromatic heterocycles. The Hall–Kier alpha value is -0.610. The van der Waals surface area contributed by atoms with Crippen molar-refractivity contribution in [2.45, 2.75) is 39.2 Å². The molecule has 2 aliphatic carbocycles. The third-order valence-corrected chi connectivity index (χ3v) is 4.33. The lowest BCUT2D eigenvalue weighted by Crippen LogP contribution is -2.50. The van der Waals surface area contributed by atoms with Crippen LogP contribution < -0.4 is 5.48 Å². The van der Waals surface area contributed by atoms with Crippen LogP contribution in [0.1, 0.15) is 33.6 Å². The number of nitrogens with zero attached hydrogens (tertiary/aromatic N) is 1. The van der Waals surface area contributed by atoms with E-state index in [-0.39, 0.29) is 0 Å². The quantitative estimate of drug-likeness (QED) is 0.443. The van der Waals surface area contributed by atoms with E-state index in [0.717, 1.165) is 12.8 Å². The van der Waals surface area contributed by atoms with Crippen LogP contribution in [0, 0.1) is 17.3 Å². The highest BCUT2D eigenvalue weighted by Crippen LogP contribution is 2.65. The summed E-state index contributed by atoms with van der Waals surface area (Å²) < 4.78 is 0. The molecular formula is C10H18N2O2. The maximum atomic E-state index is 9.12. The molecular weight excluding hydrogens is 180 g/mol. The first-order valence-electron chi connectivity index (χ1n) is 5.08. The van der Waals surface area contributed by atoms with Crippen LogP contribution in [0.5, 0.6) is 0 Å². The summed E-state index contributed by atoms with van der Waals surface area (Å²) in [6, 6.07) is 0. The van der Waals surface area contributed by atoms with Gasteiger partial charge in [-0.15, -0.1) is 0 Å². The van der Waals surface area contributed by atoms with Gasteiger partial charge in [-0.2, -0.15) is 5.48 Å². The van der Waals surface area contributed by atoms with Crippen molar-refractivity contribution in [3.05, 3.63) is 0 Å². The summed E-state index contributed by atoms with van der Waals surface area (Å²) in [5, 5.41) is 21.3. The van der Waals surface area contributed by atoms with Gasteiger partial charge in [0.1, 0.15) is 0 Å². The minimum atomic E-state index is -0.538. The molecule has 0 amide bonds.